The molecule has 1 saturated carbocycles. The molecule has 2 aromatic rings. The van der Waals surface area contributed by atoms with Gasteiger partial charge in [-0.05, 0) is 80.8 Å². The number of benzene rings is 2. The normalized spacial score (nSPS) is 38.2. The molecule has 0 unspecified atom stereocenters. The molecule has 2 fully saturated rings. The Morgan fingerprint density at radius 2 is 1.93 bits per heavy atom. The predicted octanol–water partition coefficient (Wildman–Crippen LogP) is 3.42. The summed E-state index contributed by atoms with van der Waals surface area (Å²) in [6.45, 7) is 0.985. The Balaban J connectivity index is 1.42. The average Bonchev–Trinajstić information content (AvgIpc) is 3.11. The zero-order valence-corrected chi connectivity index (χ0v) is 17.4. The van der Waals surface area contributed by atoms with Crippen molar-refractivity contribution in [3.63, 3.8) is 0 Å². The van der Waals surface area contributed by atoms with Crippen molar-refractivity contribution in [2.75, 3.05) is 13.6 Å². The van der Waals surface area contributed by atoms with E-state index in [9.17, 15) is 9.90 Å². The number of aryl methyl sites for hydroxylation is 1. The van der Waals surface area contributed by atoms with Crippen LogP contribution in [0.5, 0.6) is 11.5 Å². The Kier molecular flexibility index (Phi) is 3.17. The number of rotatable bonds is 0. The number of Topliss-reactive ketones (excluding diaryl/α,β-unsaturated/α-hetero) is 1. The number of ether oxygens (including phenoxy) is 1. The molecule has 2 aromatic carbocycles. The zero-order chi connectivity index (χ0) is 20.3. The van der Waals surface area contributed by atoms with Crippen LogP contribution in [0.2, 0.25) is 0 Å². The second-order valence-electron chi connectivity index (χ2n) is 10.4. The summed E-state index contributed by atoms with van der Waals surface area (Å²) in [6, 6.07) is 12.9. The number of aromatic hydroxyl groups is 1. The van der Waals surface area contributed by atoms with E-state index in [1.165, 1.54) is 22.3 Å². The van der Waals surface area contributed by atoms with Crippen molar-refractivity contribution in [3.8, 4) is 11.5 Å². The maximum Gasteiger partial charge on any atom is 0.180 e. The lowest BCUT2D eigenvalue weighted by Crippen LogP contribution is -2.69. The highest BCUT2D eigenvalue weighted by Gasteiger charge is 2.70. The number of fused-ring (bicyclic) bond motifs is 1. The van der Waals surface area contributed by atoms with Crippen molar-refractivity contribution in [3.05, 3.63) is 58.7 Å². The van der Waals surface area contributed by atoms with E-state index in [0.29, 0.717) is 23.5 Å². The minimum absolute atomic E-state index is 0.199. The van der Waals surface area contributed by atoms with Crippen LogP contribution in [0.4, 0.5) is 0 Å². The summed E-state index contributed by atoms with van der Waals surface area (Å²) in [4.78, 5) is 16.7. The van der Waals surface area contributed by atoms with Gasteiger partial charge in [0.15, 0.2) is 23.4 Å². The highest BCUT2D eigenvalue weighted by molar-refractivity contribution is 5.94. The van der Waals surface area contributed by atoms with E-state index in [4.69, 9.17) is 4.74 Å². The first kappa shape index (κ1) is 17.4. The van der Waals surface area contributed by atoms with Gasteiger partial charge in [-0.25, -0.2) is 0 Å². The summed E-state index contributed by atoms with van der Waals surface area (Å²) in [5.41, 5.74) is 4.59. The molecule has 2 heterocycles. The van der Waals surface area contributed by atoms with Crippen LogP contribution in [0.25, 0.3) is 0 Å². The molecule has 0 radical (unpaired) electrons. The molecule has 4 heteroatoms. The number of carbonyl (C=O) groups excluding carboxylic acids is 1. The number of phenolic OH excluding ortho intramolecular Hbond substituents is 1. The van der Waals surface area contributed by atoms with Crippen LogP contribution in [-0.2, 0) is 29.5 Å². The molecule has 2 bridgehead atoms. The number of piperidine rings is 1. The monoisotopic (exact) mass is 401 g/mol. The van der Waals surface area contributed by atoms with E-state index in [2.05, 4.69) is 42.3 Å². The third-order valence-corrected chi connectivity index (χ3v) is 9.28. The summed E-state index contributed by atoms with van der Waals surface area (Å²) in [7, 11) is 2.24. The molecule has 5 aliphatic rings. The topological polar surface area (TPSA) is 49.8 Å². The lowest BCUT2D eigenvalue weighted by molar-refractivity contribution is -0.156. The van der Waals surface area contributed by atoms with Gasteiger partial charge in [0, 0.05) is 22.4 Å². The Morgan fingerprint density at radius 3 is 2.80 bits per heavy atom. The predicted molar refractivity (Wildman–Crippen MR) is 113 cm³/mol. The van der Waals surface area contributed by atoms with Crippen molar-refractivity contribution in [1.29, 1.82) is 0 Å². The van der Waals surface area contributed by atoms with Gasteiger partial charge in [-0.1, -0.05) is 30.3 Å². The van der Waals surface area contributed by atoms with Crippen LogP contribution in [0.15, 0.2) is 36.4 Å². The van der Waals surface area contributed by atoms with Gasteiger partial charge in [-0.3, -0.25) is 4.79 Å². The number of hydrogen-bond donors (Lipinski definition) is 1. The SMILES string of the molecule is CN1CC[C@]23c4c5ccc(O)c4O[C@H]2C(=O)[C@@]2(CCc4ccccc4C2)C[C@H]3[C@@H]1C5. The highest BCUT2D eigenvalue weighted by atomic mass is 16.5. The fourth-order valence-corrected chi connectivity index (χ4v) is 7.88. The maximum atomic E-state index is 14.2. The van der Waals surface area contributed by atoms with Crippen LogP contribution in [0, 0.1) is 11.3 Å². The van der Waals surface area contributed by atoms with Gasteiger partial charge in [0.05, 0.1) is 0 Å². The van der Waals surface area contributed by atoms with Crippen LogP contribution in [0.3, 0.4) is 0 Å². The van der Waals surface area contributed by atoms with Gasteiger partial charge in [0.1, 0.15) is 0 Å². The number of ketones is 1. The van der Waals surface area contributed by atoms with Gasteiger partial charge in [-0.2, -0.15) is 0 Å². The Morgan fingerprint density at radius 1 is 1.10 bits per heavy atom. The number of carbonyl (C=O) groups is 1. The molecule has 154 valence electrons. The van der Waals surface area contributed by atoms with Crippen molar-refractivity contribution >= 4 is 5.78 Å². The summed E-state index contributed by atoms with van der Waals surface area (Å²) >= 11 is 0. The van der Waals surface area contributed by atoms with Gasteiger partial charge in [0.2, 0.25) is 0 Å². The van der Waals surface area contributed by atoms with Gasteiger partial charge < -0.3 is 14.7 Å². The number of likely N-dealkylation sites (N-methyl/N-ethyl adjacent to an activating group) is 1. The summed E-state index contributed by atoms with van der Waals surface area (Å²) in [5, 5.41) is 10.6. The maximum absolute atomic E-state index is 14.2. The van der Waals surface area contributed by atoms with E-state index in [0.717, 1.165) is 45.1 Å². The second-order valence-corrected chi connectivity index (χ2v) is 10.4. The zero-order valence-electron chi connectivity index (χ0n) is 17.4. The largest absolute Gasteiger partial charge is 0.504 e. The minimum Gasteiger partial charge on any atom is -0.504 e. The molecule has 4 nitrogen and oxygen atoms in total. The van der Waals surface area contributed by atoms with Crippen molar-refractivity contribution in [1.82, 2.24) is 4.90 Å². The van der Waals surface area contributed by atoms with E-state index in [1.54, 1.807) is 6.07 Å². The van der Waals surface area contributed by atoms with Crippen molar-refractivity contribution < 1.29 is 14.6 Å². The second kappa shape index (κ2) is 5.47. The fourth-order valence-electron chi connectivity index (χ4n) is 7.88. The third kappa shape index (κ3) is 1.86. The van der Waals surface area contributed by atoms with Crippen molar-refractivity contribution in [2.45, 2.75) is 56.1 Å². The first-order valence-electron chi connectivity index (χ1n) is 11.4. The van der Waals surface area contributed by atoms with E-state index >= 15 is 0 Å². The number of hydrogen-bond acceptors (Lipinski definition) is 4. The standard InChI is InChI=1S/C26H27NO3/c1-27-11-10-26-18-14-25(9-8-15-4-2-3-5-17(15)13-25)23(29)24(26)30-22-20(28)7-6-16(21(22)26)12-19(18)27/h2-7,18-19,24,28H,8-14H2,1H3/t18-,19-,24-,25+,26-/m0/s1. The lowest BCUT2D eigenvalue weighted by atomic mass is 9.45. The third-order valence-electron chi connectivity index (χ3n) is 9.28. The number of phenols is 1. The average molecular weight is 402 g/mol. The molecule has 3 aliphatic carbocycles. The Bertz CT molecular complexity index is 1110. The minimum atomic E-state index is -0.444. The number of nitrogens with zero attached hydrogens (tertiary/aromatic N) is 1. The lowest BCUT2D eigenvalue weighted by Gasteiger charge is -2.61. The van der Waals surface area contributed by atoms with Gasteiger partial charge in [-0.15, -0.1) is 0 Å². The van der Waals surface area contributed by atoms with Crippen LogP contribution >= 0.6 is 0 Å². The molecule has 1 saturated heterocycles. The van der Waals surface area contributed by atoms with Crippen LogP contribution in [-0.4, -0.2) is 41.5 Å². The molecule has 0 amide bonds. The summed E-state index contributed by atoms with van der Waals surface area (Å²) in [6.07, 6.45) is 5.16. The van der Waals surface area contributed by atoms with Crippen LogP contribution in [0.1, 0.15) is 41.5 Å². The molecular formula is C26H27NO3. The molecule has 5 atom stereocenters. The quantitative estimate of drug-likeness (QED) is 0.735. The molecule has 1 N–H and O–H groups in total. The van der Waals surface area contributed by atoms with E-state index in [1.807, 2.05) is 0 Å². The van der Waals surface area contributed by atoms with Gasteiger partial charge >= 0.3 is 0 Å². The van der Waals surface area contributed by atoms with Crippen LogP contribution < -0.4 is 4.74 Å². The Labute approximate surface area is 176 Å². The van der Waals surface area contributed by atoms with E-state index in [-0.39, 0.29) is 16.6 Å². The van der Waals surface area contributed by atoms with Gasteiger partial charge in [0.25, 0.3) is 0 Å². The highest BCUT2D eigenvalue weighted by Crippen LogP contribution is 2.66. The fraction of sp³-hybridized carbons (Fsp3) is 0.500. The first-order chi connectivity index (χ1) is 14.5. The smallest absolute Gasteiger partial charge is 0.180 e. The molecular weight excluding hydrogens is 374 g/mol. The molecule has 30 heavy (non-hydrogen) atoms. The van der Waals surface area contributed by atoms with Crippen molar-refractivity contribution in [2.24, 2.45) is 11.3 Å². The summed E-state index contributed by atoms with van der Waals surface area (Å²) < 4.78 is 6.45. The Hall–Kier alpha value is -2.33. The summed E-state index contributed by atoms with van der Waals surface area (Å²) in [5.74, 6) is 1.50. The van der Waals surface area contributed by atoms with E-state index < -0.39 is 6.10 Å². The number of likely N-dealkylation sites (tertiary alicyclic amines) is 1. The molecule has 0 aromatic heterocycles. The molecule has 2 spiro atoms. The molecule has 2 aliphatic heterocycles. The molecule has 7 rings (SSSR count). The first-order valence-corrected chi connectivity index (χ1v) is 11.4.